The van der Waals surface area contributed by atoms with Gasteiger partial charge in [-0.05, 0) is 51.1 Å². The smallest absolute Gasteiger partial charge is 0.407 e. The monoisotopic (exact) mass is 850 g/mol. The van der Waals surface area contributed by atoms with Crippen LogP contribution >= 0.6 is 0 Å². The van der Waals surface area contributed by atoms with E-state index in [0.717, 1.165) is 44.4 Å². The van der Waals surface area contributed by atoms with Crippen LogP contribution in [0.5, 0.6) is 0 Å². The molecule has 0 radical (unpaired) electrons. The molecule has 16 nitrogen and oxygen atoms in total. The highest BCUT2D eigenvalue weighted by atomic mass is 16.5. The van der Waals surface area contributed by atoms with Crippen LogP contribution in [0.1, 0.15) is 62.0 Å². The van der Waals surface area contributed by atoms with E-state index in [2.05, 4.69) is 54.8 Å². The van der Waals surface area contributed by atoms with Crippen LogP contribution in [0, 0.1) is 5.92 Å². The van der Waals surface area contributed by atoms with Crippen molar-refractivity contribution in [2.45, 2.75) is 50.9 Å². The second kappa shape index (κ2) is 17.8. The van der Waals surface area contributed by atoms with E-state index >= 15 is 0 Å². The van der Waals surface area contributed by atoms with E-state index in [1.165, 1.54) is 24.0 Å². The molecule has 0 unspecified atom stereocenters. The summed E-state index contributed by atoms with van der Waals surface area (Å²) < 4.78 is 9.50. The van der Waals surface area contributed by atoms with Gasteiger partial charge in [-0.15, -0.1) is 0 Å². The van der Waals surface area contributed by atoms with Crippen molar-refractivity contribution in [1.29, 1.82) is 0 Å². The topological polar surface area (TPSA) is 209 Å². The number of ether oxygens (including phenoxy) is 2. The summed E-state index contributed by atoms with van der Waals surface area (Å²) in [5.41, 5.74) is 5.78. The zero-order valence-electron chi connectivity index (χ0n) is 35.1. The molecule has 8 rings (SSSR count). The number of fused-ring (bicyclic) bond motifs is 1. The minimum absolute atomic E-state index is 0.0707. The molecule has 4 heterocycles. The minimum atomic E-state index is -1.05. The van der Waals surface area contributed by atoms with Crippen molar-refractivity contribution in [3.8, 4) is 33.6 Å². The predicted molar refractivity (Wildman–Crippen MR) is 232 cm³/mol. The van der Waals surface area contributed by atoms with E-state index in [9.17, 15) is 28.8 Å². The molecule has 6 aromatic rings. The molecule has 4 amide bonds. The quantitative estimate of drug-likeness (QED) is 0.112. The number of Topliss-reactive ketones (excluding diaryl/α,β-unsaturated/α-hetero) is 2. The van der Waals surface area contributed by atoms with E-state index in [4.69, 9.17) is 9.47 Å². The number of rotatable bonds is 11. The average Bonchev–Trinajstić information content (AvgIpc) is 4.14. The van der Waals surface area contributed by atoms with Gasteiger partial charge in [0.2, 0.25) is 5.91 Å². The molecule has 2 aliphatic rings. The van der Waals surface area contributed by atoms with Crippen LogP contribution < -0.4 is 10.6 Å². The number of carbonyl (C=O) groups is 6. The SMILES string of the molecule is COC(=O)N[C@H](C(=O)N1CC(=O)C[C@H]1c1ncc(-c2ccc3cc(-c4ccc(-c5cnc([C@@H]6CC(=O)CN6C(=O)[C@H](NC(=O)OC)c6ccccc6)[nH]5)cc4)ccc3c2)[nH]1)C(C)C. The molecular weight excluding hydrogens is 805 g/mol. The van der Waals surface area contributed by atoms with Gasteiger partial charge in [0.25, 0.3) is 5.91 Å². The van der Waals surface area contributed by atoms with Crippen molar-refractivity contribution >= 4 is 46.3 Å². The number of H-pyrrole nitrogens is 2. The van der Waals surface area contributed by atoms with E-state index in [0.29, 0.717) is 17.2 Å². The summed E-state index contributed by atoms with van der Waals surface area (Å²) >= 11 is 0. The highest BCUT2D eigenvalue weighted by Crippen LogP contribution is 2.35. The van der Waals surface area contributed by atoms with Gasteiger partial charge in [-0.25, -0.2) is 19.6 Å². The Balaban J connectivity index is 0.959. The van der Waals surface area contributed by atoms with Gasteiger partial charge in [0.15, 0.2) is 11.6 Å². The fourth-order valence-electron chi connectivity index (χ4n) is 8.23. The lowest BCUT2D eigenvalue weighted by Gasteiger charge is -2.29. The first-order chi connectivity index (χ1) is 30.4. The van der Waals surface area contributed by atoms with Crippen molar-refractivity contribution in [3.63, 3.8) is 0 Å². The fraction of sp³-hybridized carbons (Fsp3) is 0.277. The largest absolute Gasteiger partial charge is 0.453 e. The van der Waals surface area contributed by atoms with E-state index in [1.54, 1.807) is 36.7 Å². The molecule has 0 spiro atoms. The number of benzene rings is 4. The number of nitrogens with zero attached hydrogens (tertiary/aromatic N) is 4. The van der Waals surface area contributed by atoms with Gasteiger partial charge in [-0.1, -0.05) is 92.7 Å². The van der Waals surface area contributed by atoms with Crippen LogP contribution in [0.4, 0.5) is 9.59 Å². The Bertz CT molecular complexity index is 2710. The summed E-state index contributed by atoms with van der Waals surface area (Å²) in [5.74, 6) is -0.311. The molecule has 0 saturated carbocycles. The number of methoxy groups -OCH3 is 2. The summed E-state index contributed by atoms with van der Waals surface area (Å²) in [6.45, 7) is 3.45. The molecule has 0 bridgehead atoms. The minimum Gasteiger partial charge on any atom is -0.453 e. The van der Waals surface area contributed by atoms with Crippen molar-refractivity contribution < 1.29 is 38.2 Å². The predicted octanol–water partition coefficient (Wildman–Crippen LogP) is 6.45. The van der Waals surface area contributed by atoms with Gasteiger partial charge in [0.1, 0.15) is 23.7 Å². The number of ketones is 2. The van der Waals surface area contributed by atoms with Gasteiger partial charge < -0.3 is 39.9 Å². The van der Waals surface area contributed by atoms with Crippen LogP contribution in [-0.2, 0) is 28.7 Å². The summed E-state index contributed by atoms with van der Waals surface area (Å²) in [4.78, 5) is 95.8. The Labute approximate surface area is 362 Å². The van der Waals surface area contributed by atoms with Crippen LogP contribution in [0.15, 0.2) is 103 Å². The van der Waals surface area contributed by atoms with Crippen molar-refractivity contribution in [3.05, 3.63) is 121 Å². The Hall–Kier alpha value is -7.62. The van der Waals surface area contributed by atoms with Gasteiger partial charge >= 0.3 is 12.2 Å². The zero-order valence-corrected chi connectivity index (χ0v) is 35.1. The highest BCUT2D eigenvalue weighted by Gasteiger charge is 2.42. The summed E-state index contributed by atoms with van der Waals surface area (Å²) in [6, 6.07) is 25.9. The lowest BCUT2D eigenvalue weighted by molar-refractivity contribution is -0.136. The van der Waals surface area contributed by atoms with Crippen molar-refractivity contribution in [1.82, 2.24) is 40.4 Å². The number of likely N-dealkylation sites (tertiary alicyclic amines) is 2. The molecule has 322 valence electrons. The van der Waals surface area contributed by atoms with E-state index < -0.39 is 42.3 Å². The van der Waals surface area contributed by atoms with Crippen LogP contribution in [0.3, 0.4) is 0 Å². The average molecular weight is 851 g/mol. The third-order valence-corrected chi connectivity index (χ3v) is 11.6. The van der Waals surface area contributed by atoms with Gasteiger partial charge in [-0.2, -0.15) is 0 Å². The molecule has 2 aliphatic heterocycles. The second-order valence-electron chi connectivity index (χ2n) is 16.0. The van der Waals surface area contributed by atoms with Gasteiger partial charge in [0, 0.05) is 18.4 Å². The summed E-state index contributed by atoms with van der Waals surface area (Å²) in [7, 11) is 2.46. The van der Waals surface area contributed by atoms with Crippen LogP contribution in [0.25, 0.3) is 44.4 Å². The number of hydrogen-bond acceptors (Lipinski definition) is 10. The first-order valence-electron chi connectivity index (χ1n) is 20.5. The molecule has 0 aliphatic carbocycles. The zero-order chi connectivity index (χ0) is 44.4. The van der Waals surface area contributed by atoms with E-state index in [-0.39, 0.29) is 49.3 Å². The lowest BCUT2D eigenvalue weighted by atomic mass is 9.98. The standard InChI is InChI=1S/C47H46N8O8/c1-26(2)40(52-46(60)62-3)44(58)54-24-34(56)20-38(54)43-49-23-37(51-43)33-17-16-31-18-30(14-15-32(31)19-33)27-10-12-28(13-11-27)36-22-48-42(50-36)39-21-35(57)25-55(39)45(59)41(53-47(61)63-4)29-8-6-5-7-9-29/h5-19,22-23,26,38-41H,20-21,24-25H2,1-4H3,(H,48,50)(H,49,51)(H,52,60)(H,53,61)/t38-,39-,40-,41+/m0/s1. The van der Waals surface area contributed by atoms with Crippen molar-refractivity contribution in [2.24, 2.45) is 5.92 Å². The third kappa shape index (κ3) is 8.78. The maximum atomic E-state index is 13.9. The number of carbonyl (C=O) groups excluding carboxylic acids is 6. The molecule has 4 aromatic carbocycles. The number of aromatic nitrogens is 4. The Morgan fingerprint density at radius 1 is 0.635 bits per heavy atom. The molecule has 63 heavy (non-hydrogen) atoms. The van der Waals surface area contributed by atoms with Crippen LogP contribution in [0.2, 0.25) is 0 Å². The number of alkyl carbamates (subject to hydrolysis) is 2. The Morgan fingerprint density at radius 2 is 1.13 bits per heavy atom. The van der Waals surface area contributed by atoms with Crippen LogP contribution in [-0.4, -0.2) is 98.7 Å². The lowest BCUT2D eigenvalue weighted by Crippen LogP contribution is -2.51. The maximum Gasteiger partial charge on any atom is 0.407 e. The molecule has 2 saturated heterocycles. The summed E-state index contributed by atoms with van der Waals surface area (Å²) in [5, 5.41) is 7.24. The number of amides is 4. The molecule has 16 heteroatoms. The maximum absolute atomic E-state index is 13.9. The number of hydrogen-bond donors (Lipinski definition) is 4. The third-order valence-electron chi connectivity index (χ3n) is 11.6. The molecular formula is C47H46N8O8. The molecule has 4 N–H and O–H groups in total. The fourth-order valence-corrected chi connectivity index (χ4v) is 8.23. The first-order valence-corrected chi connectivity index (χ1v) is 20.5. The van der Waals surface area contributed by atoms with E-state index in [1.807, 2.05) is 56.3 Å². The molecule has 2 aromatic heterocycles. The normalized spacial score (nSPS) is 17.2. The molecule has 2 fully saturated rings. The summed E-state index contributed by atoms with van der Waals surface area (Å²) in [6.07, 6.45) is 2.10. The van der Waals surface area contributed by atoms with Gasteiger partial charge in [-0.3, -0.25) is 19.2 Å². The highest BCUT2D eigenvalue weighted by molar-refractivity contribution is 5.95. The van der Waals surface area contributed by atoms with Crippen molar-refractivity contribution in [2.75, 3.05) is 27.3 Å². The number of nitrogens with one attached hydrogen (secondary N) is 4. The first kappa shape index (κ1) is 42.1. The van der Waals surface area contributed by atoms with Gasteiger partial charge in [0.05, 0.1) is 63.2 Å². The second-order valence-corrected chi connectivity index (χ2v) is 16.0. The Morgan fingerprint density at radius 3 is 1.70 bits per heavy atom. The Kier molecular flexibility index (Phi) is 11.9. The number of imidazole rings is 2. The number of aromatic amines is 2. The molecule has 4 atom stereocenters.